The van der Waals surface area contributed by atoms with Crippen LogP contribution >= 0.6 is 12.0 Å². The molecule has 0 radical (unpaired) electrons. The van der Waals surface area contributed by atoms with Crippen LogP contribution in [0.3, 0.4) is 0 Å². The minimum Gasteiger partial charge on any atom is -0.472 e. The maximum Gasteiger partial charge on any atom is 0.392 e. The van der Waals surface area contributed by atoms with Gasteiger partial charge in [-0.25, -0.2) is 4.79 Å². The molecule has 0 saturated heterocycles. The van der Waals surface area contributed by atoms with E-state index in [0.29, 0.717) is 0 Å². The van der Waals surface area contributed by atoms with Gasteiger partial charge in [-0.05, 0) is 0 Å². The summed E-state index contributed by atoms with van der Waals surface area (Å²) in [5.74, 6) is 0. The highest BCUT2D eigenvalue weighted by molar-refractivity contribution is 8.08. The van der Waals surface area contributed by atoms with E-state index in [0.717, 1.165) is 0 Å². The van der Waals surface area contributed by atoms with E-state index in [4.69, 9.17) is 14.5 Å². The quantitative estimate of drug-likeness (QED) is 0.437. The van der Waals surface area contributed by atoms with Crippen molar-refractivity contribution in [2.24, 2.45) is 0 Å². The van der Waals surface area contributed by atoms with Crippen molar-refractivity contribution in [1.29, 1.82) is 0 Å². The molecule has 0 bridgehead atoms. The molecule has 0 amide bonds. The van der Waals surface area contributed by atoms with Crippen molar-refractivity contribution >= 4 is 17.3 Å². The molecule has 0 aromatic carbocycles. The van der Waals surface area contributed by atoms with E-state index in [-0.39, 0.29) is 12.0 Å². The van der Waals surface area contributed by atoms with E-state index >= 15 is 0 Å². The average Bonchev–Trinajstić information content (AvgIpc) is 1.38. The Labute approximate surface area is 32.8 Å². The van der Waals surface area contributed by atoms with Gasteiger partial charge in [0.15, 0.2) is 0 Å². The van der Waals surface area contributed by atoms with E-state index in [1.807, 2.05) is 0 Å². The first-order chi connectivity index (χ1) is 2.27. The van der Waals surface area contributed by atoms with Gasteiger partial charge in [0, 0.05) is 0 Å². The summed E-state index contributed by atoms with van der Waals surface area (Å²) >= 11 is -0.204. The van der Waals surface area contributed by atoms with Crippen molar-refractivity contribution in [2.75, 3.05) is 0 Å². The number of carboxylic acid groups (broad SMARTS) is 1. The first-order valence-electron chi connectivity index (χ1n) is 0.814. The molecular formula is CH2O3S. The molecule has 0 aliphatic carbocycles. The van der Waals surface area contributed by atoms with Crippen molar-refractivity contribution in [3.8, 4) is 0 Å². The fraction of sp³-hybridized carbons (Fsp3) is 0. The van der Waals surface area contributed by atoms with Crippen molar-refractivity contribution in [3.05, 3.63) is 0 Å². The molecule has 0 aliphatic rings. The third-order valence-corrected chi connectivity index (χ3v) is 0.234. The van der Waals surface area contributed by atoms with Gasteiger partial charge in [0.25, 0.3) is 0 Å². The molecule has 0 aromatic rings. The minimum atomic E-state index is -1.27. The van der Waals surface area contributed by atoms with Crippen LogP contribution in [0.2, 0.25) is 0 Å². The van der Waals surface area contributed by atoms with Crippen LogP contribution in [-0.4, -0.2) is 15.0 Å². The van der Waals surface area contributed by atoms with E-state index in [1.165, 1.54) is 0 Å². The Morgan fingerprint density at radius 1 is 1.80 bits per heavy atom. The normalized spacial score (nSPS) is 7.40. The fourth-order valence-electron chi connectivity index (χ4n) is 0. The standard InChI is InChI=1S/CH2O3S/c2-1(3)5-4/h4H,(H,2,3). The molecule has 0 atom stereocenters. The third kappa shape index (κ3) is 3.78. The zero-order valence-electron chi connectivity index (χ0n) is 2.21. The van der Waals surface area contributed by atoms with E-state index in [9.17, 15) is 0 Å². The first kappa shape index (κ1) is 4.78. The molecule has 0 rings (SSSR count). The average molecular weight is 94.1 g/mol. The Kier molecular flexibility index (Phi) is 1.95. The third-order valence-electron chi connectivity index (χ3n) is 0.0781. The second-order valence-corrected chi connectivity index (χ2v) is 0.889. The van der Waals surface area contributed by atoms with Gasteiger partial charge in [-0.3, -0.25) is 0 Å². The molecule has 2 N–H and O–H groups in total. The Morgan fingerprint density at radius 2 is 2.00 bits per heavy atom. The van der Waals surface area contributed by atoms with Gasteiger partial charge in [-0.15, -0.1) is 0 Å². The number of hydrogen-bond acceptors (Lipinski definition) is 3. The zero-order valence-corrected chi connectivity index (χ0v) is 3.03. The number of carbonyl (C=O) groups is 1. The van der Waals surface area contributed by atoms with Crippen LogP contribution < -0.4 is 0 Å². The van der Waals surface area contributed by atoms with Crippen LogP contribution in [0.15, 0.2) is 0 Å². The lowest BCUT2D eigenvalue weighted by molar-refractivity contribution is 0.220. The van der Waals surface area contributed by atoms with Crippen LogP contribution in [0.1, 0.15) is 0 Å². The smallest absolute Gasteiger partial charge is 0.392 e. The van der Waals surface area contributed by atoms with E-state index in [2.05, 4.69) is 0 Å². The topological polar surface area (TPSA) is 57.5 Å². The number of rotatable bonds is 0. The van der Waals surface area contributed by atoms with Crippen molar-refractivity contribution < 1.29 is 14.5 Å². The fourth-order valence-corrected chi connectivity index (χ4v) is 0. The highest BCUT2D eigenvalue weighted by atomic mass is 32.2. The summed E-state index contributed by atoms with van der Waals surface area (Å²) in [5, 5.41) is 6.16. The Balaban J connectivity index is 2.85. The van der Waals surface area contributed by atoms with Crippen LogP contribution in [0.4, 0.5) is 4.79 Å². The monoisotopic (exact) mass is 94.0 g/mol. The van der Waals surface area contributed by atoms with Crippen LogP contribution in [0, 0.1) is 0 Å². The second-order valence-electron chi connectivity index (χ2n) is 0.357. The van der Waals surface area contributed by atoms with Gasteiger partial charge in [-0.1, -0.05) is 0 Å². The van der Waals surface area contributed by atoms with Crippen LogP contribution in [0.25, 0.3) is 0 Å². The predicted octanol–water partition coefficient (Wildman–Crippen LogP) is 0.871. The van der Waals surface area contributed by atoms with Gasteiger partial charge in [-0.2, -0.15) is 0 Å². The maximum absolute atomic E-state index is 9.08. The molecule has 0 fully saturated rings. The van der Waals surface area contributed by atoms with Crippen LogP contribution in [-0.2, 0) is 0 Å². The first-order valence-corrected chi connectivity index (χ1v) is 1.59. The number of hydrogen-bond donors (Lipinski definition) is 2. The molecule has 5 heavy (non-hydrogen) atoms. The Morgan fingerprint density at radius 3 is 2.00 bits per heavy atom. The highest BCUT2D eigenvalue weighted by Gasteiger charge is 1.85. The van der Waals surface area contributed by atoms with Crippen molar-refractivity contribution in [1.82, 2.24) is 0 Å². The minimum absolute atomic E-state index is 0.204. The van der Waals surface area contributed by atoms with E-state index in [1.54, 1.807) is 0 Å². The summed E-state index contributed by atoms with van der Waals surface area (Å²) in [6, 6.07) is 0. The van der Waals surface area contributed by atoms with Gasteiger partial charge >= 0.3 is 5.30 Å². The largest absolute Gasteiger partial charge is 0.472 e. The molecule has 0 unspecified atom stereocenters. The predicted molar refractivity (Wildman–Crippen MR) is 18.2 cm³/mol. The molecule has 0 spiro atoms. The lowest BCUT2D eigenvalue weighted by Crippen LogP contribution is -1.76. The van der Waals surface area contributed by atoms with Crippen molar-refractivity contribution in [2.45, 2.75) is 0 Å². The second kappa shape index (κ2) is 2.04. The summed E-state index contributed by atoms with van der Waals surface area (Å²) in [6.45, 7) is 0. The van der Waals surface area contributed by atoms with Crippen molar-refractivity contribution in [3.63, 3.8) is 0 Å². The summed E-state index contributed by atoms with van der Waals surface area (Å²) in [6.07, 6.45) is 0. The van der Waals surface area contributed by atoms with E-state index < -0.39 is 5.30 Å². The van der Waals surface area contributed by atoms with Gasteiger partial charge in [0.05, 0.1) is 0 Å². The lowest BCUT2D eigenvalue weighted by Gasteiger charge is -1.69. The molecule has 4 heteroatoms. The summed E-state index contributed by atoms with van der Waals surface area (Å²) < 4.78 is 7.46. The molecule has 30 valence electrons. The maximum atomic E-state index is 9.08. The molecule has 0 saturated carbocycles. The SMILES string of the molecule is O=C(O)SO. The Hall–Kier alpha value is -0.220. The highest BCUT2D eigenvalue weighted by Crippen LogP contribution is 1.87. The molecule has 0 heterocycles. The van der Waals surface area contributed by atoms with Gasteiger partial charge < -0.3 is 9.66 Å². The molecule has 0 aliphatic heterocycles. The summed E-state index contributed by atoms with van der Waals surface area (Å²) in [5.41, 5.74) is 0. The Bertz CT molecular complexity index is 42.2. The van der Waals surface area contributed by atoms with Crippen LogP contribution in [0.5, 0.6) is 0 Å². The summed E-state index contributed by atoms with van der Waals surface area (Å²) in [7, 11) is 0. The van der Waals surface area contributed by atoms with Gasteiger partial charge in [0.2, 0.25) is 0 Å². The zero-order chi connectivity index (χ0) is 4.28. The van der Waals surface area contributed by atoms with Gasteiger partial charge in [0.1, 0.15) is 12.0 Å². The summed E-state index contributed by atoms with van der Waals surface area (Å²) in [4.78, 5) is 9.08. The molecule has 3 nitrogen and oxygen atoms in total. The molecular weight excluding hydrogens is 92.1 g/mol. The lowest BCUT2D eigenvalue weighted by atomic mass is 11.6. The molecule has 0 aromatic heterocycles.